The van der Waals surface area contributed by atoms with Gasteiger partial charge in [-0.15, -0.1) is 5.10 Å². The fourth-order valence-electron chi connectivity index (χ4n) is 2.27. The van der Waals surface area contributed by atoms with Crippen LogP contribution >= 0.6 is 0 Å². The first-order valence-corrected chi connectivity index (χ1v) is 6.14. The van der Waals surface area contributed by atoms with E-state index in [1.807, 2.05) is 19.0 Å². The smallest absolute Gasteiger partial charge is 0.244 e. The van der Waals surface area contributed by atoms with Gasteiger partial charge in [0.2, 0.25) is 5.95 Å². The van der Waals surface area contributed by atoms with E-state index in [-0.39, 0.29) is 6.04 Å². The topological polar surface area (TPSA) is 56.8 Å². The molecule has 1 unspecified atom stereocenters. The molecule has 1 aromatic heterocycles. The molecule has 0 spiro atoms. The number of hydrogen-bond acceptors (Lipinski definition) is 4. The van der Waals surface area contributed by atoms with Gasteiger partial charge in [0.25, 0.3) is 0 Å². The summed E-state index contributed by atoms with van der Waals surface area (Å²) < 4.78 is 0. The Bertz CT molecular complexity index is 546. The van der Waals surface area contributed by atoms with E-state index in [0.29, 0.717) is 0 Å². The number of anilines is 1. The van der Waals surface area contributed by atoms with E-state index in [1.54, 1.807) is 0 Å². The molecule has 5 nitrogen and oxygen atoms in total. The van der Waals surface area contributed by atoms with Gasteiger partial charge in [0, 0.05) is 20.6 Å². The average Bonchev–Trinajstić information content (AvgIpc) is 2.88. The molecule has 0 amide bonds. The first-order valence-electron chi connectivity index (χ1n) is 6.14. The van der Waals surface area contributed by atoms with Crippen molar-refractivity contribution in [3.8, 4) is 0 Å². The summed E-state index contributed by atoms with van der Waals surface area (Å²) in [4.78, 5) is 6.40. The van der Waals surface area contributed by atoms with Crippen LogP contribution < -0.4 is 10.2 Å². The van der Waals surface area contributed by atoms with Crippen molar-refractivity contribution in [3.05, 3.63) is 41.2 Å². The zero-order valence-corrected chi connectivity index (χ0v) is 10.6. The summed E-state index contributed by atoms with van der Waals surface area (Å²) >= 11 is 0. The lowest BCUT2D eigenvalue weighted by Crippen LogP contribution is -2.29. The first-order chi connectivity index (χ1) is 8.74. The molecule has 0 fully saturated rings. The maximum Gasteiger partial charge on any atom is 0.244 e. The van der Waals surface area contributed by atoms with Crippen LogP contribution in [0.1, 0.15) is 23.0 Å². The van der Waals surface area contributed by atoms with Crippen molar-refractivity contribution in [2.75, 3.05) is 19.0 Å². The molecule has 0 radical (unpaired) electrons. The van der Waals surface area contributed by atoms with Crippen LogP contribution in [0, 0.1) is 0 Å². The van der Waals surface area contributed by atoms with Crippen molar-refractivity contribution >= 4 is 5.95 Å². The minimum Gasteiger partial charge on any atom is -0.346 e. The third kappa shape index (κ3) is 1.97. The highest BCUT2D eigenvalue weighted by molar-refractivity contribution is 5.32. The van der Waals surface area contributed by atoms with Gasteiger partial charge in [-0.3, -0.25) is 5.10 Å². The summed E-state index contributed by atoms with van der Waals surface area (Å²) in [7, 11) is 3.88. The molecule has 1 atom stereocenters. The van der Waals surface area contributed by atoms with Crippen molar-refractivity contribution < 1.29 is 0 Å². The van der Waals surface area contributed by atoms with E-state index in [4.69, 9.17) is 0 Å². The Kier molecular flexibility index (Phi) is 2.76. The summed E-state index contributed by atoms with van der Waals surface area (Å²) in [6.07, 6.45) is 0.957. The SMILES string of the molecule is CN(C)c1n[nH]c(C2Cc3ccccc3CN2)n1. The van der Waals surface area contributed by atoms with E-state index in [0.717, 1.165) is 24.7 Å². The Labute approximate surface area is 106 Å². The molecule has 2 N–H and O–H groups in total. The minimum absolute atomic E-state index is 0.223. The number of aromatic amines is 1. The Hall–Kier alpha value is -1.88. The monoisotopic (exact) mass is 243 g/mol. The van der Waals surface area contributed by atoms with Crippen molar-refractivity contribution in [1.29, 1.82) is 0 Å². The predicted octanol–water partition coefficient (Wildman–Crippen LogP) is 1.26. The molecule has 0 saturated heterocycles. The average molecular weight is 243 g/mol. The Balaban J connectivity index is 1.83. The van der Waals surface area contributed by atoms with Gasteiger partial charge < -0.3 is 10.2 Å². The molecule has 3 rings (SSSR count). The van der Waals surface area contributed by atoms with Crippen LogP contribution in [0.2, 0.25) is 0 Å². The lowest BCUT2D eigenvalue weighted by atomic mass is 9.96. The van der Waals surface area contributed by atoms with Gasteiger partial charge in [-0.25, -0.2) is 0 Å². The zero-order chi connectivity index (χ0) is 12.5. The lowest BCUT2D eigenvalue weighted by Gasteiger charge is -2.24. The predicted molar refractivity (Wildman–Crippen MR) is 70.4 cm³/mol. The molecule has 0 saturated carbocycles. The fourth-order valence-corrected chi connectivity index (χ4v) is 2.27. The van der Waals surface area contributed by atoms with Crippen LogP contribution in [-0.4, -0.2) is 29.3 Å². The molecule has 2 aromatic rings. The quantitative estimate of drug-likeness (QED) is 0.833. The van der Waals surface area contributed by atoms with Crippen molar-refractivity contribution in [1.82, 2.24) is 20.5 Å². The molecule has 5 heteroatoms. The molecular weight excluding hydrogens is 226 g/mol. The molecule has 0 aliphatic carbocycles. The summed E-state index contributed by atoms with van der Waals surface area (Å²) in [5, 5.41) is 10.7. The van der Waals surface area contributed by atoms with Crippen LogP contribution in [0.5, 0.6) is 0 Å². The van der Waals surface area contributed by atoms with E-state index in [2.05, 4.69) is 44.8 Å². The second-order valence-corrected chi connectivity index (χ2v) is 4.82. The highest BCUT2D eigenvalue weighted by Crippen LogP contribution is 2.24. The summed E-state index contributed by atoms with van der Waals surface area (Å²) in [5.74, 6) is 1.64. The van der Waals surface area contributed by atoms with Gasteiger partial charge in [0.15, 0.2) is 0 Å². The van der Waals surface area contributed by atoms with Gasteiger partial charge in [0.1, 0.15) is 5.82 Å². The summed E-state index contributed by atoms with van der Waals surface area (Å²) in [5.41, 5.74) is 2.77. The second kappa shape index (κ2) is 4.42. The largest absolute Gasteiger partial charge is 0.346 e. The highest BCUT2D eigenvalue weighted by atomic mass is 15.3. The second-order valence-electron chi connectivity index (χ2n) is 4.82. The third-order valence-corrected chi connectivity index (χ3v) is 3.30. The molecule has 94 valence electrons. The van der Waals surface area contributed by atoms with E-state index in [9.17, 15) is 0 Å². The van der Waals surface area contributed by atoms with Crippen molar-refractivity contribution in [2.45, 2.75) is 19.0 Å². The molecular formula is C13H17N5. The Morgan fingerprint density at radius 1 is 1.22 bits per heavy atom. The van der Waals surface area contributed by atoms with Crippen molar-refractivity contribution in [2.24, 2.45) is 0 Å². The molecule has 1 aromatic carbocycles. The lowest BCUT2D eigenvalue weighted by molar-refractivity contribution is 0.478. The number of rotatable bonds is 2. The Morgan fingerprint density at radius 2 is 2.00 bits per heavy atom. The third-order valence-electron chi connectivity index (χ3n) is 3.30. The number of nitrogens with one attached hydrogen (secondary N) is 2. The summed E-state index contributed by atoms with van der Waals surface area (Å²) in [6, 6.07) is 8.75. The van der Waals surface area contributed by atoms with Gasteiger partial charge >= 0.3 is 0 Å². The minimum atomic E-state index is 0.223. The first kappa shape index (κ1) is 11.2. The van der Waals surface area contributed by atoms with Gasteiger partial charge in [-0.1, -0.05) is 24.3 Å². The number of benzene rings is 1. The van der Waals surface area contributed by atoms with E-state index < -0.39 is 0 Å². The van der Waals surface area contributed by atoms with Crippen molar-refractivity contribution in [3.63, 3.8) is 0 Å². The highest BCUT2D eigenvalue weighted by Gasteiger charge is 2.22. The number of aromatic nitrogens is 3. The molecule has 2 heterocycles. The number of fused-ring (bicyclic) bond motifs is 1. The number of nitrogens with zero attached hydrogens (tertiary/aromatic N) is 3. The van der Waals surface area contributed by atoms with Crippen LogP contribution in [0.4, 0.5) is 5.95 Å². The molecule has 0 bridgehead atoms. The number of hydrogen-bond donors (Lipinski definition) is 2. The standard InChI is InChI=1S/C13H17N5/c1-18(2)13-15-12(16-17-13)11-7-9-5-3-4-6-10(9)8-14-11/h3-6,11,14H,7-8H2,1-2H3,(H,15,16,17). The molecule has 1 aliphatic rings. The van der Waals surface area contributed by atoms with E-state index >= 15 is 0 Å². The Morgan fingerprint density at radius 3 is 2.72 bits per heavy atom. The van der Waals surface area contributed by atoms with E-state index in [1.165, 1.54) is 11.1 Å². The van der Waals surface area contributed by atoms with Crippen LogP contribution in [0.3, 0.4) is 0 Å². The van der Waals surface area contributed by atoms with Crippen LogP contribution in [-0.2, 0) is 13.0 Å². The maximum atomic E-state index is 4.50. The van der Waals surface area contributed by atoms with Crippen LogP contribution in [0.15, 0.2) is 24.3 Å². The van der Waals surface area contributed by atoms with Gasteiger partial charge in [-0.2, -0.15) is 4.98 Å². The maximum absolute atomic E-state index is 4.50. The normalized spacial score (nSPS) is 18.4. The zero-order valence-electron chi connectivity index (χ0n) is 10.6. The number of H-pyrrole nitrogens is 1. The molecule has 1 aliphatic heterocycles. The van der Waals surface area contributed by atoms with Gasteiger partial charge in [0.05, 0.1) is 6.04 Å². The van der Waals surface area contributed by atoms with Gasteiger partial charge in [-0.05, 0) is 17.5 Å². The summed E-state index contributed by atoms with van der Waals surface area (Å²) in [6.45, 7) is 0.888. The van der Waals surface area contributed by atoms with Crippen LogP contribution in [0.25, 0.3) is 0 Å². The molecule has 18 heavy (non-hydrogen) atoms. The fraction of sp³-hybridized carbons (Fsp3) is 0.385.